The molecule has 21 heavy (non-hydrogen) atoms. The lowest BCUT2D eigenvalue weighted by molar-refractivity contribution is 0.290. The normalized spacial score (nSPS) is 18.9. The predicted octanol–water partition coefficient (Wildman–Crippen LogP) is 3.62. The third kappa shape index (κ3) is 2.39. The Kier molecular flexibility index (Phi) is 3.48. The largest absolute Gasteiger partial charge is 0.316 e. The molecule has 3 nitrogen and oxygen atoms in total. The highest BCUT2D eigenvalue weighted by atomic mass is 35.5. The van der Waals surface area contributed by atoms with Gasteiger partial charge in [-0.05, 0) is 44.4 Å². The second-order valence-corrected chi connectivity index (χ2v) is 6.50. The van der Waals surface area contributed by atoms with Crippen LogP contribution in [0.2, 0.25) is 5.02 Å². The van der Waals surface area contributed by atoms with Crippen LogP contribution in [0.3, 0.4) is 0 Å². The number of rotatable bonds is 2. The Bertz CT molecular complexity index is 641. The van der Waals surface area contributed by atoms with Crippen LogP contribution in [0, 0.1) is 0 Å². The van der Waals surface area contributed by atoms with Crippen molar-refractivity contribution in [2.24, 2.45) is 0 Å². The van der Waals surface area contributed by atoms with Crippen LogP contribution in [0.25, 0.3) is 11.3 Å². The van der Waals surface area contributed by atoms with E-state index < -0.39 is 0 Å². The van der Waals surface area contributed by atoms with Gasteiger partial charge in [0.1, 0.15) is 0 Å². The maximum Gasteiger partial charge on any atom is 0.0720 e. The molecule has 1 aromatic carbocycles. The molecule has 0 atom stereocenters. The van der Waals surface area contributed by atoms with Gasteiger partial charge >= 0.3 is 0 Å². The molecule has 4 heteroatoms. The summed E-state index contributed by atoms with van der Waals surface area (Å²) in [5, 5.41) is 9.24. The van der Waals surface area contributed by atoms with Gasteiger partial charge in [-0.3, -0.25) is 4.68 Å². The van der Waals surface area contributed by atoms with Crippen LogP contribution in [0.15, 0.2) is 24.3 Å². The van der Waals surface area contributed by atoms with Crippen molar-refractivity contribution in [1.82, 2.24) is 15.1 Å². The molecular weight excluding hydrogens is 282 g/mol. The van der Waals surface area contributed by atoms with E-state index in [4.69, 9.17) is 16.7 Å². The van der Waals surface area contributed by atoms with Crippen molar-refractivity contribution >= 4 is 11.6 Å². The fourth-order valence-corrected chi connectivity index (χ4v) is 3.46. The molecule has 1 N–H and O–H groups in total. The topological polar surface area (TPSA) is 29.9 Å². The first-order chi connectivity index (χ1) is 10.3. The lowest BCUT2D eigenvalue weighted by Gasteiger charge is -2.28. The van der Waals surface area contributed by atoms with Gasteiger partial charge in [-0.25, -0.2) is 0 Å². The van der Waals surface area contributed by atoms with Crippen LogP contribution < -0.4 is 5.32 Å². The molecule has 0 saturated heterocycles. The van der Waals surface area contributed by atoms with Crippen molar-refractivity contribution in [2.45, 2.75) is 38.1 Å². The molecule has 4 rings (SSSR count). The molecule has 1 saturated carbocycles. The van der Waals surface area contributed by atoms with Gasteiger partial charge in [0.05, 0.1) is 17.4 Å². The fraction of sp³-hybridized carbons (Fsp3) is 0.471. The molecule has 1 aliphatic heterocycles. The van der Waals surface area contributed by atoms with Gasteiger partial charge in [-0.15, -0.1) is 0 Å². The lowest BCUT2D eigenvalue weighted by atomic mass is 9.92. The van der Waals surface area contributed by atoms with E-state index in [-0.39, 0.29) is 0 Å². The van der Waals surface area contributed by atoms with Crippen LogP contribution in [0.4, 0.5) is 0 Å². The number of hydrogen-bond donors (Lipinski definition) is 1. The van der Waals surface area contributed by atoms with Crippen LogP contribution in [-0.2, 0) is 12.8 Å². The number of halogens is 1. The fourth-order valence-electron chi connectivity index (χ4n) is 3.33. The first-order valence-corrected chi connectivity index (χ1v) is 8.27. The Balaban J connectivity index is 1.85. The van der Waals surface area contributed by atoms with Crippen molar-refractivity contribution in [3.05, 3.63) is 40.5 Å². The summed E-state index contributed by atoms with van der Waals surface area (Å²) in [5.74, 6) is 0. The first-order valence-electron chi connectivity index (χ1n) is 7.90. The zero-order valence-corrected chi connectivity index (χ0v) is 12.9. The number of fused-ring (bicyclic) bond motifs is 1. The number of nitrogens with zero attached hydrogens (tertiary/aromatic N) is 2. The summed E-state index contributed by atoms with van der Waals surface area (Å²) in [6.07, 6.45) is 5.96. The summed E-state index contributed by atoms with van der Waals surface area (Å²) < 4.78 is 2.31. The molecule has 1 aromatic heterocycles. The summed E-state index contributed by atoms with van der Waals surface area (Å²) in [5.41, 5.74) is 5.31. The summed E-state index contributed by atoms with van der Waals surface area (Å²) in [6.45, 7) is 2.08. The summed E-state index contributed by atoms with van der Waals surface area (Å²) in [7, 11) is 0. The van der Waals surface area contributed by atoms with Gasteiger partial charge in [0.25, 0.3) is 0 Å². The van der Waals surface area contributed by atoms with Gasteiger partial charge in [0, 0.05) is 29.1 Å². The minimum absolute atomic E-state index is 0.593. The highest BCUT2D eigenvalue weighted by molar-refractivity contribution is 6.30. The van der Waals surface area contributed by atoms with E-state index in [1.54, 1.807) is 0 Å². The van der Waals surface area contributed by atoms with E-state index >= 15 is 0 Å². The molecule has 0 radical (unpaired) electrons. The van der Waals surface area contributed by atoms with Gasteiger partial charge in [-0.2, -0.15) is 5.10 Å². The second-order valence-electron chi connectivity index (χ2n) is 6.06. The summed E-state index contributed by atoms with van der Waals surface area (Å²) in [4.78, 5) is 0. The minimum Gasteiger partial charge on any atom is -0.316 e. The Labute approximate surface area is 130 Å². The lowest BCUT2D eigenvalue weighted by Crippen LogP contribution is -2.21. The first kappa shape index (κ1) is 13.4. The standard InChI is InChI=1S/C17H20ClN3/c18-13-6-4-12(5-7-13)17-15-8-10-19-11-9-16(15)20-21(17)14-2-1-3-14/h4-7,14,19H,1-3,8-11H2. The van der Waals surface area contributed by atoms with Gasteiger partial charge in [0.2, 0.25) is 0 Å². The van der Waals surface area contributed by atoms with Crippen LogP contribution >= 0.6 is 11.6 Å². The average molecular weight is 302 g/mol. The average Bonchev–Trinajstić information content (AvgIpc) is 2.62. The highest BCUT2D eigenvalue weighted by Crippen LogP contribution is 2.38. The SMILES string of the molecule is Clc1ccc(-c2c3c(nn2C2CCC2)CCNCC3)cc1. The molecule has 0 amide bonds. The molecular formula is C17H20ClN3. The Morgan fingerprint density at radius 2 is 1.86 bits per heavy atom. The monoisotopic (exact) mass is 301 g/mol. The van der Waals surface area contributed by atoms with E-state index in [1.165, 1.54) is 41.8 Å². The van der Waals surface area contributed by atoms with E-state index in [2.05, 4.69) is 22.1 Å². The highest BCUT2D eigenvalue weighted by Gasteiger charge is 2.27. The number of nitrogens with one attached hydrogen (secondary N) is 1. The third-order valence-corrected chi connectivity index (χ3v) is 4.97. The van der Waals surface area contributed by atoms with E-state index in [0.29, 0.717) is 6.04 Å². The maximum absolute atomic E-state index is 6.05. The molecule has 0 unspecified atom stereocenters. The van der Waals surface area contributed by atoms with E-state index in [1.807, 2.05) is 12.1 Å². The van der Waals surface area contributed by atoms with Crippen LogP contribution in [0.5, 0.6) is 0 Å². The molecule has 0 bridgehead atoms. The number of benzene rings is 1. The van der Waals surface area contributed by atoms with Crippen molar-refractivity contribution in [3.8, 4) is 11.3 Å². The molecule has 1 aliphatic carbocycles. The number of hydrogen-bond acceptors (Lipinski definition) is 2. The van der Waals surface area contributed by atoms with Crippen LogP contribution in [0.1, 0.15) is 36.6 Å². The third-order valence-electron chi connectivity index (χ3n) is 4.72. The molecule has 2 aliphatic rings. The second kappa shape index (κ2) is 5.47. The molecule has 1 fully saturated rings. The van der Waals surface area contributed by atoms with E-state index in [9.17, 15) is 0 Å². The van der Waals surface area contributed by atoms with Gasteiger partial charge in [-0.1, -0.05) is 23.7 Å². The molecule has 2 aromatic rings. The van der Waals surface area contributed by atoms with Crippen LogP contribution in [-0.4, -0.2) is 22.9 Å². The van der Waals surface area contributed by atoms with Crippen molar-refractivity contribution in [1.29, 1.82) is 0 Å². The smallest absolute Gasteiger partial charge is 0.0720 e. The van der Waals surface area contributed by atoms with Gasteiger partial charge in [0.15, 0.2) is 0 Å². The van der Waals surface area contributed by atoms with Crippen molar-refractivity contribution in [3.63, 3.8) is 0 Å². The summed E-state index contributed by atoms with van der Waals surface area (Å²) in [6, 6.07) is 8.82. The van der Waals surface area contributed by atoms with Crippen molar-refractivity contribution in [2.75, 3.05) is 13.1 Å². The summed E-state index contributed by atoms with van der Waals surface area (Å²) >= 11 is 6.05. The maximum atomic E-state index is 6.05. The zero-order chi connectivity index (χ0) is 14.2. The Morgan fingerprint density at radius 3 is 2.57 bits per heavy atom. The number of aromatic nitrogens is 2. The Hall–Kier alpha value is -1.32. The molecule has 2 heterocycles. The molecule has 0 spiro atoms. The van der Waals surface area contributed by atoms with E-state index in [0.717, 1.165) is 31.0 Å². The quantitative estimate of drug-likeness (QED) is 0.918. The van der Waals surface area contributed by atoms with Crippen molar-refractivity contribution < 1.29 is 0 Å². The predicted molar refractivity (Wildman–Crippen MR) is 85.8 cm³/mol. The Morgan fingerprint density at radius 1 is 1.10 bits per heavy atom. The zero-order valence-electron chi connectivity index (χ0n) is 12.1. The van der Waals surface area contributed by atoms with Gasteiger partial charge < -0.3 is 5.32 Å². The minimum atomic E-state index is 0.593. The molecule has 110 valence electrons.